The van der Waals surface area contributed by atoms with E-state index in [-0.39, 0.29) is 11.8 Å². The number of fused-ring (bicyclic) bond motifs is 1. The molecule has 33 heavy (non-hydrogen) atoms. The van der Waals surface area contributed by atoms with E-state index < -0.39 is 0 Å². The lowest BCUT2D eigenvalue weighted by Crippen LogP contribution is -2.05. The van der Waals surface area contributed by atoms with Gasteiger partial charge in [0.15, 0.2) is 0 Å². The number of methoxy groups -OCH3 is 1. The van der Waals surface area contributed by atoms with Gasteiger partial charge in [-0.05, 0) is 78.4 Å². The zero-order valence-electron chi connectivity index (χ0n) is 18.6. The van der Waals surface area contributed by atoms with Crippen LogP contribution in [0.5, 0.6) is 17.2 Å². The lowest BCUT2D eigenvalue weighted by molar-refractivity contribution is -0.143. The molecule has 0 saturated heterocycles. The van der Waals surface area contributed by atoms with E-state index in [9.17, 15) is 9.18 Å². The van der Waals surface area contributed by atoms with Crippen molar-refractivity contribution >= 4 is 16.7 Å². The third kappa shape index (κ3) is 5.32. The van der Waals surface area contributed by atoms with Crippen LogP contribution in [0.4, 0.5) is 4.39 Å². The summed E-state index contributed by atoms with van der Waals surface area (Å²) in [5.74, 6) is 1.52. The topological polar surface area (TPSA) is 44.8 Å². The molecule has 0 aliphatic rings. The largest absolute Gasteiger partial charge is 0.497 e. The normalized spacial score (nSPS) is 10.8. The van der Waals surface area contributed by atoms with Crippen LogP contribution in [0.25, 0.3) is 21.9 Å². The van der Waals surface area contributed by atoms with Crippen LogP contribution in [0.3, 0.4) is 0 Å². The van der Waals surface area contributed by atoms with Gasteiger partial charge in [-0.25, -0.2) is 4.39 Å². The van der Waals surface area contributed by atoms with Gasteiger partial charge in [0.1, 0.15) is 23.1 Å². The Morgan fingerprint density at radius 1 is 0.909 bits per heavy atom. The molecule has 0 aliphatic carbocycles. The van der Waals surface area contributed by atoms with Crippen molar-refractivity contribution in [2.45, 2.75) is 19.8 Å². The summed E-state index contributed by atoms with van der Waals surface area (Å²) in [5, 5.41) is 1.85. The number of aryl methyl sites for hydroxylation is 1. The van der Waals surface area contributed by atoms with Crippen molar-refractivity contribution < 1.29 is 23.4 Å². The van der Waals surface area contributed by atoms with Crippen LogP contribution < -0.4 is 9.47 Å². The molecule has 4 nitrogen and oxygen atoms in total. The summed E-state index contributed by atoms with van der Waals surface area (Å²) in [7, 11) is 1.63. The van der Waals surface area contributed by atoms with Crippen LogP contribution in [-0.2, 0) is 16.0 Å². The highest BCUT2D eigenvalue weighted by Crippen LogP contribution is 2.40. The molecule has 0 unspecified atom stereocenters. The Morgan fingerprint density at radius 3 is 2.42 bits per heavy atom. The van der Waals surface area contributed by atoms with Gasteiger partial charge in [-0.15, -0.1) is 0 Å². The Labute approximate surface area is 192 Å². The van der Waals surface area contributed by atoms with E-state index >= 15 is 0 Å². The molecule has 0 N–H and O–H groups in total. The van der Waals surface area contributed by atoms with E-state index in [1.165, 1.54) is 12.1 Å². The molecule has 0 bridgehead atoms. The third-order valence-corrected chi connectivity index (χ3v) is 5.38. The Bertz CT molecular complexity index is 1260. The summed E-state index contributed by atoms with van der Waals surface area (Å²) in [4.78, 5) is 11.6. The molecule has 0 fully saturated rings. The van der Waals surface area contributed by atoms with E-state index in [1.807, 2.05) is 60.7 Å². The molecule has 0 saturated carbocycles. The Hall–Kier alpha value is -3.86. The SMILES string of the molecule is CCOC(=O)CCc1ccc(Oc2c(-c3cccc(F)c3)ccc3cc(OC)ccc23)cc1. The summed E-state index contributed by atoms with van der Waals surface area (Å²) in [6.45, 7) is 2.18. The molecule has 0 aromatic heterocycles. The summed E-state index contributed by atoms with van der Waals surface area (Å²) < 4.78 is 30.7. The lowest BCUT2D eigenvalue weighted by Gasteiger charge is -2.16. The molecular formula is C28H25FO4. The van der Waals surface area contributed by atoms with Crippen molar-refractivity contribution in [3.05, 3.63) is 90.2 Å². The molecule has 4 aromatic rings. The van der Waals surface area contributed by atoms with Gasteiger partial charge in [-0.3, -0.25) is 4.79 Å². The first kappa shape index (κ1) is 22.3. The first-order chi connectivity index (χ1) is 16.1. The van der Waals surface area contributed by atoms with Crippen molar-refractivity contribution in [1.82, 2.24) is 0 Å². The van der Waals surface area contributed by atoms with Crippen LogP contribution >= 0.6 is 0 Å². The first-order valence-electron chi connectivity index (χ1n) is 10.9. The number of hydrogen-bond acceptors (Lipinski definition) is 4. The van der Waals surface area contributed by atoms with Crippen molar-refractivity contribution in [2.75, 3.05) is 13.7 Å². The second-order valence-corrected chi connectivity index (χ2v) is 7.59. The molecule has 5 heteroatoms. The minimum Gasteiger partial charge on any atom is -0.497 e. The smallest absolute Gasteiger partial charge is 0.306 e. The molecule has 0 amide bonds. The second-order valence-electron chi connectivity index (χ2n) is 7.59. The molecule has 0 spiro atoms. The quantitative estimate of drug-likeness (QED) is 0.276. The number of halogens is 1. The number of carbonyl (C=O) groups excluding carboxylic acids is 1. The van der Waals surface area contributed by atoms with Crippen LogP contribution in [0.2, 0.25) is 0 Å². The van der Waals surface area contributed by atoms with Gasteiger partial charge in [0.25, 0.3) is 0 Å². The van der Waals surface area contributed by atoms with Crippen LogP contribution in [0.15, 0.2) is 78.9 Å². The van der Waals surface area contributed by atoms with Gasteiger partial charge in [-0.1, -0.05) is 30.3 Å². The second kappa shape index (κ2) is 10.2. The fourth-order valence-electron chi connectivity index (χ4n) is 3.72. The highest BCUT2D eigenvalue weighted by molar-refractivity contribution is 5.96. The summed E-state index contributed by atoms with van der Waals surface area (Å²) >= 11 is 0. The van der Waals surface area contributed by atoms with Crippen molar-refractivity contribution in [3.63, 3.8) is 0 Å². The number of esters is 1. The van der Waals surface area contributed by atoms with Crippen molar-refractivity contribution in [2.24, 2.45) is 0 Å². The fraction of sp³-hybridized carbons (Fsp3) is 0.179. The molecule has 168 valence electrons. The van der Waals surface area contributed by atoms with Gasteiger partial charge in [-0.2, -0.15) is 0 Å². The van der Waals surface area contributed by atoms with Crippen LogP contribution in [0.1, 0.15) is 18.9 Å². The third-order valence-electron chi connectivity index (χ3n) is 5.38. The van der Waals surface area contributed by atoms with Crippen LogP contribution in [0, 0.1) is 5.82 Å². The van der Waals surface area contributed by atoms with Gasteiger partial charge in [0, 0.05) is 17.4 Å². The summed E-state index contributed by atoms with van der Waals surface area (Å²) in [5.41, 5.74) is 2.54. The number of rotatable bonds is 8. The number of ether oxygens (including phenoxy) is 3. The number of hydrogen-bond donors (Lipinski definition) is 0. The number of carbonyl (C=O) groups is 1. The van der Waals surface area contributed by atoms with Gasteiger partial charge in [0.05, 0.1) is 13.7 Å². The Morgan fingerprint density at radius 2 is 1.70 bits per heavy atom. The Kier molecular flexibility index (Phi) is 6.89. The van der Waals surface area contributed by atoms with E-state index in [0.717, 1.165) is 33.2 Å². The Balaban J connectivity index is 1.68. The van der Waals surface area contributed by atoms with E-state index in [0.29, 0.717) is 30.9 Å². The molecule has 0 aliphatic heterocycles. The molecular weight excluding hydrogens is 419 g/mol. The van der Waals surface area contributed by atoms with Crippen molar-refractivity contribution in [3.8, 4) is 28.4 Å². The molecule has 4 rings (SSSR count). The zero-order chi connectivity index (χ0) is 23.2. The van der Waals surface area contributed by atoms with Gasteiger partial charge in [0.2, 0.25) is 0 Å². The molecule has 0 atom stereocenters. The highest BCUT2D eigenvalue weighted by Gasteiger charge is 2.14. The monoisotopic (exact) mass is 444 g/mol. The molecule has 4 aromatic carbocycles. The predicted octanol–water partition coefficient (Wildman–Crippen LogP) is 6.94. The van der Waals surface area contributed by atoms with E-state index in [4.69, 9.17) is 14.2 Å². The average molecular weight is 445 g/mol. The first-order valence-corrected chi connectivity index (χ1v) is 10.9. The van der Waals surface area contributed by atoms with Crippen molar-refractivity contribution in [1.29, 1.82) is 0 Å². The summed E-state index contributed by atoms with van der Waals surface area (Å²) in [6, 6.07) is 23.7. The molecule has 0 radical (unpaired) electrons. The maximum atomic E-state index is 14.0. The molecule has 0 heterocycles. The maximum absolute atomic E-state index is 14.0. The standard InChI is InChI=1S/C28H25FO4/c1-3-32-27(30)16-9-19-7-11-23(12-8-19)33-28-25(20-5-4-6-22(29)17-20)14-10-21-18-24(31-2)13-15-26(21)28/h4-8,10-15,17-18H,3,9,16H2,1-2H3. The highest BCUT2D eigenvalue weighted by atomic mass is 19.1. The maximum Gasteiger partial charge on any atom is 0.306 e. The average Bonchev–Trinajstić information content (AvgIpc) is 2.83. The zero-order valence-corrected chi connectivity index (χ0v) is 18.6. The van der Waals surface area contributed by atoms with E-state index in [1.54, 1.807) is 20.1 Å². The van der Waals surface area contributed by atoms with E-state index in [2.05, 4.69) is 0 Å². The minimum atomic E-state index is -0.306. The predicted molar refractivity (Wildman–Crippen MR) is 127 cm³/mol. The lowest BCUT2D eigenvalue weighted by atomic mass is 9.99. The minimum absolute atomic E-state index is 0.205. The van der Waals surface area contributed by atoms with Gasteiger partial charge < -0.3 is 14.2 Å². The fourth-order valence-corrected chi connectivity index (χ4v) is 3.72. The summed E-state index contributed by atoms with van der Waals surface area (Å²) in [6.07, 6.45) is 0.935. The number of benzene rings is 4. The van der Waals surface area contributed by atoms with Gasteiger partial charge >= 0.3 is 5.97 Å². The van der Waals surface area contributed by atoms with Crippen LogP contribution in [-0.4, -0.2) is 19.7 Å².